The molecule has 3 aliphatic heterocycles. The average molecular weight is 1150 g/mol. The van der Waals surface area contributed by atoms with Crippen LogP contribution in [0, 0.1) is 45.3 Å². The number of rotatable bonds is 21. The van der Waals surface area contributed by atoms with Gasteiger partial charge in [-0.25, -0.2) is 4.79 Å². The Morgan fingerprint density at radius 1 is 0.675 bits per heavy atom. The normalized spacial score (nSPS) is 47.2. The summed E-state index contributed by atoms with van der Waals surface area (Å²) < 4.78 is 42.4. The van der Waals surface area contributed by atoms with Crippen molar-refractivity contribution in [2.24, 2.45) is 45.3 Å². The summed E-state index contributed by atoms with van der Waals surface area (Å²) in [6, 6.07) is 0. The lowest BCUT2D eigenvalue weighted by atomic mass is 9.35. The van der Waals surface area contributed by atoms with Crippen LogP contribution < -0.4 is 0 Å². The van der Waals surface area contributed by atoms with E-state index in [1.165, 1.54) is 26.0 Å². The third-order valence-electron chi connectivity index (χ3n) is 21.5. The fourth-order valence-electron chi connectivity index (χ4n) is 16.0. The molecule has 12 unspecified atom stereocenters. The number of aliphatic hydroxyl groups is 14. The van der Waals surface area contributed by atoms with E-state index >= 15 is 0 Å². The van der Waals surface area contributed by atoms with Crippen LogP contribution in [0.4, 0.5) is 0 Å². The highest BCUT2D eigenvalue weighted by Crippen LogP contribution is 2.76. The summed E-state index contributed by atoms with van der Waals surface area (Å²) in [5.41, 5.74) is -4.87. The number of aliphatic hydroxyl groups excluding tert-OH is 11. The first-order valence-electron chi connectivity index (χ1n) is 29.0. The van der Waals surface area contributed by atoms with Gasteiger partial charge in [-0.05, 0) is 152 Å². The van der Waals surface area contributed by atoms with Crippen LogP contribution in [0.1, 0.15) is 139 Å². The highest BCUT2D eigenvalue weighted by Gasteiger charge is 2.70. The van der Waals surface area contributed by atoms with Gasteiger partial charge in [0.1, 0.15) is 67.1 Å². The second kappa shape index (κ2) is 24.9. The van der Waals surface area contributed by atoms with E-state index in [0.717, 1.165) is 38.5 Å². The molecule has 3 heterocycles. The molecule has 0 aromatic carbocycles. The molecule has 0 aromatic heterocycles. The monoisotopic (exact) mass is 1150 g/mol. The second-order valence-electron chi connectivity index (χ2n) is 26.9. The minimum Gasteiger partial charge on any atom is -0.451 e. The molecule has 14 N–H and O–H groups in total. The Kier molecular flexibility index (Phi) is 20.4. The summed E-state index contributed by atoms with van der Waals surface area (Å²) in [6.07, 6.45) is -17.6. The molecule has 462 valence electrons. The molecule has 27 atom stereocenters. The predicted molar refractivity (Wildman–Crippen MR) is 284 cm³/mol. The molecular formula is C58H98O22. The van der Waals surface area contributed by atoms with Crippen molar-refractivity contribution < 1.29 is 109 Å². The van der Waals surface area contributed by atoms with E-state index in [-0.39, 0.29) is 71.4 Å². The van der Waals surface area contributed by atoms with E-state index in [0.29, 0.717) is 19.3 Å². The van der Waals surface area contributed by atoms with Gasteiger partial charge in [-0.3, -0.25) is 0 Å². The average Bonchev–Trinajstić information content (AvgIpc) is 3.85. The molecular weight excluding hydrogens is 1050 g/mol. The SMILES string of the molecule is C=CC(C)(O)CC/C=C(\C)C(=O)O[C@H]1[C@H](OC[C@H]2O[C@@H](OC3CCC4(C)C(CCC5(C)C4CCC4C(C(C)(O)CCC(O)C(C)(C)O)CCC45C)C3(C)CO)[C@H](O)[C@@H](O)[C@@H]2O)O[C@H](CO)[C@@H](O)[C@@H]1O[C@@H]1O[C@H](CO)[C@@H](O)[C@H](O)[C@H]1O. The molecule has 0 spiro atoms. The van der Waals surface area contributed by atoms with Crippen molar-refractivity contribution >= 4 is 5.97 Å². The van der Waals surface area contributed by atoms with Crippen LogP contribution in [0.3, 0.4) is 0 Å². The van der Waals surface area contributed by atoms with Crippen molar-refractivity contribution in [1.82, 2.24) is 0 Å². The molecule has 0 radical (unpaired) electrons. The van der Waals surface area contributed by atoms with Gasteiger partial charge in [0.15, 0.2) is 25.0 Å². The van der Waals surface area contributed by atoms with E-state index in [1.54, 1.807) is 13.8 Å². The molecule has 0 bridgehead atoms. The summed E-state index contributed by atoms with van der Waals surface area (Å²) in [5, 5.41) is 153. The second-order valence-corrected chi connectivity index (χ2v) is 26.9. The summed E-state index contributed by atoms with van der Waals surface area (Å²) in [7, 11) is 0. The zero-order valence-corrected chi connectivity index (χ0v) is 48.3. The molecule has 22 heteroatoms. The molecule has 22 nitrogen and oxygen atoms in total. The maximum absolute atomic E-state index is 13.8. The first-order chi connectivity index (χ1) is 37.2. The number of hydrogen-bond acceptors (Lipinski definition) is 22. The summed E-state index contributed by atoms with van der Waals surface area (Å²) >= 11 is 0. The molecule has 4 aliphatic carbocycles. The van der Waals surface area contributed by atoms with Crippen molar-refractivity contribution in [3.05, 3.63) is 24.3 Å². The predicted octanol–water partition coefficient (Wildman–Crippen LogP) is 0.355. The third kappa shape index (κ3) is 12.4. The molecule has 0 amide bonds. The Balaban J connectivity index is 1.08. The lowest BCUT2D eigenvalue weighted by Gasteiger charge is -2.70. The van der Waals surface area contributed by atoms with Gasteiger partial charge in [-0.2, -0.15) is 0 Å². The molecule has 3 saturated heterocycles. The molecule has 0 aromatic rings. The standard InChI is InChI=1S/C58H98O22/c1-11-53(5,72)20-12-13-29(2)48(70)79-47-46(80-50-45(69)42(66)39(63)32(25-59)75-50)41(65)33(26-60)76-51(47)74-27-34-40(64)43(67)44(68)49(77-34)78-38-19-21-54(6)35(55(38,7)28-61)17-23-57(9)36(54)15-14-30-31(16-22-56(30,57)8)58(10,73)24-18-37(62)52(3,4)71/h11,13,30-47,49-51,59-69,71-73H,1,12,14-28H2,2-10H3/b29-13+/t30?,31?,32-,33-,34-,35?,36?,37?,38?,39-,40-,41-,42+,43+,44-,45-,46+,47-,49+,50+,51-,53?,54?,55?,56?,57?,58?/m1/s1. The first-order valence-corrected chi connectivity index (χ1v) is 29.0. The van der Waals surface area contributed by atoms with Gasteiger partial charge in [0.2, 0.25) is 0 Å². The highest BCUT2D eigenvalue weighted by molar-refractivity contribution is 5.87. The van der Waals surface area contributed by atoms with Gasteiger partial charge in [0.25, 0.3) is 0 Å². The quantitative estimate of drug-likeness (QED) is 0.0319. The number of esters is 1. The highest BCUT2D eigenvalue weighted by atomic mass is 16.8. The zero-order valence-electron chi connectivity index (χ0n) is 48.3. The van der Waals surface area contributed by atoms with Gasteiger partial charge < -0.3 is 105 Å². The Morgan fingerprint density at radius 2 is 1.25 bits per heavy atom. The van der Waals surface area contributed by atoms with Gasteiger partial charge in [-0.15, -0.1) is 6.58 Å². The molecule has 80 heavy (non-hydrogen) atoms. The van der Waals surface area contributed by atoms with Gasteiger partial charge in [-0.1, -0.05) is 39.8 Å². The van der Waals surface area contributed by atoms with Crippen molar-refractivity contribution in [1.29, 1.82) is 0 Å². The maximum Gasteiger partial charge on any atom is 0.333 e. The van der Waals surface area contributed by atoms with Crippen LogP contribution in [0.25, 0.3) is 0 Å². The Labute approximate surface area is 470 Å². The van der Waals surface area contributed by atoms with Crippen molar-refractivity contribution in [3.8, 4) is 0 Å². The van der Waals surface area contributed by atoms with E-state index < -0.39 is 152 Å². The zero-order chi connectivity index (χ0) is 59.5. The van der Waals surface area contributed by atoms with Crippen LogP contribution in [0.2, 0.25) is 0 Å². The Bertz CT molecular complexity index is 2120. The molecule has 7 aliphatic rings. The van der Waals surface area contributed by atoms with E-state index in [9.17, 15) is 76.3 Å². The number of ether oxygens (including phenoxy) is 7. The van der Waals surface area contributed by atoms with E-state index in [1.807, 2.05) is 13.8 Å². The summed E-state index contributed by atoms with van der Waals surface area (Å²) in [5.74, 6) is -0.511. The first kappa shape index (κ1) is 65.7. The summed E-state index contributed by atoms with van der Waals surface area (Å²) in [6.45, 7) is 18.1. The number of carbonyl (C=O) groups is 1. The number of allylic oxidation sites excluding steroid dienone is 1. The largest absolute Gasteiger partial charge is 0.451 e. The van der Waals surface area contributed by atoms with Gasteiger partial charge in [0.05, 0.1) is 55.4 Å². The van der Waals surface area contributed by atoms with Crippen LogP contribution >= 0.6 is 0 Å². The Hall–Kier alpha value is -1.85. The van der Waals surface area contributed by atoms with E-state index in [2.05, 4.69) is 27.4 Å². The van der Waals surface area contributed by atoms with E-state index in [4.69, 9.17) is 33.2 Å². The smallest absolute Gasteiger partial charge is 0.333 e. The van der Waals surface area contributed by atoms with Crippen LogP contribution in [0.5, 0.6) is 0 Å². The topological polar surface area (TPSA) is 365 Å². The van der Waals surface area contributed by atoms with Gasteiger partial charge in [0, 0.05) is 11.0 Å². The third-order valence-corrected chi connectivity index (χ3v) is 21.5. The van der Waals surface area contributed by atoms with Crippen molar-refractivity contribution in [3.63, 3.8) is 0 Å². The fraction of sp³-hybridized carbons (Fsp3) is 0.914. The fourth-order valence-corrected chi connectivity index (χ4v) is 16.0. The van der Waals surface area contributed by atoms with Crippen LogP contribution in [-0.2, 0) is 38.0 Å². The number of carbonyl (C=O) groups excluding carboxylic acids is 1. The lowest BCUT2D eigenvalue weighted by molar-refractivity contribution is -0.368. The van der Waals surface area contributed by atoms with Crippen LogP contribution in [-0.4, -0.2) is 225 Å². The molecule has 7 rings (SSSR count). The van der Waals surface area contributed by atoms with Gasteiger partial charge >= 0.3 is 5.97 Å². The minimum atomic E-state index is -1.97. The van der Waals surface area contributed by atoms with Crippen molar-refractivity contribution in [2.45, 2.75) is 260 Å². The van der Waals surface area contributed by atoms with Crippen LogP contribution in [0.15, 0.2) is 24.3 Å². The minimum absolute atomic E-state index is 0.0209. The number of hydrogen-bond donors (Lipinski definition) is 14. The summed E-state index contributed by atoms with van der Waals surface area (Å²) in [4.78, 5) is 13.8. The molecule has 4 saturated carbocycles. The number of fused-ring (bicyclic) bond motifs is 5. The van der Waals surface area contributed by atoms with Crippen molar-refractivity contribution in [2.75, 3.05) is 26.4 Å². The Morgan fingerprint density at radius 3 is 1.85 bits per heavy atom. The lowest BCUT2D eigenvalue weighted by Crippen LogP contribution is -2.67. The maximum atomic E-state index is 13.8. The molecule has 7 fully saturated rings.